The molecule has 0 spiro atoms. The van der Waals surface area contributed by atoms with Crippen molar-refractivity contribution in [3.05, 3.63) is 53.0 Å². The molecule has 2 aromatic rings. The normalized spacial score (nSPS) is 14.8. The second-order valence-corrected chi connectivity index (χ2v) is 6.02. The van der Waals surface area contributed by atoms with Crippen LogP contribution in [0.1, 0.15) is 40.8 Å². The van der Waals surface area contributed by atoms with E-state index in [4.69, 9.17) is 0 Å². The largest absolute Gasteiger partial charge is 0.367 e. The van der Waals surface area contributed by atoms with E-state index in [-0.39, 0.29) is 11.9 Å². The van der Waals surface area contributed by atoms with Crippen LogP contribution in [-0.4, -0.2) is 28.5 Å². The lowest BCUT2D eigenvalue weighted by Crippen LogP contribution is -2.34. The van der Waals surface area contributed by atoms with E-state index < -0.39 is 0 Å². The lowest BCUT2D eigenvalue weighted by molar-refractivity contribution is 0.0940. The third-order valence-corrected chi connectivity index (χ3v) is 4.09. The second kappa shape index (κ2) is 6.77. The number of aryl methyl sites for hydroxylation is 2. The quantitative estimate of drug-likeness (QED) is 0.890. The molecule has 0 aliphatic carbocycles. The number of carbonyl (C=O) groups is 1. The summed E-state index contributed by atoms with van der Waals surface area (Å²) in [5.74, 6) is 1.33. The number of hydrogen-bond acceptors (Lipinski definition) is 4. The molecule has 3 rings (SSSR count). The fourth-order valence-electron chi connectivity index (χ4n) is 2.86. The van der Waals surface area contributed by atoms with Crippen molar-refractivity contribution >= 4 is 11.7 Å². The lowest BCUT2D eigenvalue weighted by atomic mass is 10.0. The van der Waals surface area contributed by atoms with Crippen molar-refractivity contribution in [2.75, 3.05) is 11.9 Å². The minimum absolute atomic E-state index is 0.100. The van der Waals surface area contributed by atoms with Crippen LogP contribution >= 0.6 is 0 Å². The van der Waals surface area contributed by atoms with Gasteiger partial charge in [0.15, 0.2) is 0 Å². The predicted molar refractivity (Wildman–Crippen MR) is 90.7 cm³/mol. The summed E-state index contributed by atoms with van der Waals surface area (Å²) in [4.78, 5) is 20.8. The molecule has 1 aromatic carbocycles. The number of benzene rings is 1. The average Bonchev–Trinajstić information content (AvgIpc) is 2.55. The lowest BCUT2D eigenvalue weighted by Gasteiger charge is -2.22. The van der Waals surface area contributed by atoms with Crippen molar-refractivity contribution in [1.29, 1.82) is 0 Å². The molecule has 23 heavy (non-hydrogen) atoms. The molecule has 1 amide bonds. The summed E-state index contributed by atoms with van der Waals surface area (Å²) >= 11 is 0. The number of carbonyl (C=O) groups excluding carboxylic acids is 1. The summed E-state index contributed by atoms with van der Waals surface area (Å²) in [5, 5.41) is 6.31. The van der Waals surface area contributed by atoms with Gasteiger partial charge in [-0.1, -0.05) is 30.3 Å². The predicted octanol–water partition coefficient (Wildman–Crippen LogP) is 2.50. The van der Waals surface area contributed by atoms with Crippen LogP contribution in [0.2, 0.25) is 0 Å². The number of anilines is 1. The van der Waals surface area contributed by atoms with Crippen LogP contribution in [0.3, 0.4) is 0 Å². The zero-order valence-electron chi connectivity index (χ0n) is 13.6. The molecule has 1 atom stereocenters. The van der Waals surface area contributed by atoms with Gasteiger partial charge >= 0.3 is 0 Å². The van der Waals surface area contributed by atoms with E-state index >= 15 is 0 Å². The molecule has 0 fully saturated rings. The fourth-order valence-corrected chi connectivity index (χ4v) is 2.86. The van der Waals surface area contributed by atoms with E-state index in [1.54, 1.807) is 0 Å². The molecule has 0 radical (unpaired) electrons. The Morgan fingerprint density at radius 1 is 1.26 bits per heavy atom. The Labute approximate surface area is 136 Å². The summed E-state index contributed by atoms with van der Waals surface area (Å²) in [6.45, 7) is 4.61. The molecule has 2 heterocycles. The standard InChI is InChI=1S/C18H22N4O/c1-12(8-9-14-6-4-3-5-7-14)20-17-15-10-11-19-18(23)16(15)21-13(2)22-17/h3-7,12H,8-11H2,1-2H3,(H,19,23)(H,20,21,22). The molecular formula is C18H22N4O. The Bertz CT molecular complexity index is 700. The molecule has 1 aliphatic heterocycles. The number of nitrogens with zero attached hydrogens (tertiary/aromatic N) is 2. The summed E-state index contributed by atoms with van der Waals surface area (Å²) in [6.07, 6.45) is 2.80. The highest BCUT2D eigenvalue weighted by molar-refractivity contribution is 5.95. The Morgan fingerprint density at radius 3 is 2.83 bits per heavy atom. The summed E-state index contributed by atoms with van der Waals surface area (Å²) in [7, 11) is 0. The maximum absolute atomic E-state index is 12.0. The van der Waals surface area contributed by atoms with Crippen LogP contribution in [0, 0.1) is 6.92 Å². The fraction of sp³-hybridized carbons (Fsp3) is 0.389. The number of aromatic nitrogens is 2. The van der Waals surface area contributed by atoms with Gasteiger partial charge in [-0.2, -0.15) is 0 Å². The highest BCUT2D eigenvalue weighted by Gasteiger charge is 2.23. The van der Waals surface area contributed by atoms with Crippen LogP contribution in [0.25, 0.3) is 0 Å². The van der Waals surface area contributed by atoms with Gasteiger partial charge in [-0.25, -0.2) is 9.97 Å². The Kier molecular flexibility index (Phi) is 4.55. The van der Waals surface area contributed by atoms with E-state index in [1.165, 1.54) is 5.56 Å². The number of rotatable bonds is 5. The second-order valence-electron chi connectivity index (χ2n) is 6.02. The number of hydrogen-bond donors (Lipinski definition) is 2. The van der Waals surface area contributed by atoms with Gasteiger partial charge in [-0.3, -0.25) is 4.79 Å². The summed E-state index contributed by atoms with van der Waals surface area (Å²) < 4.78 is 0. The third kappa shape index (κ3) is 3.67. The number of fused-ring (bicyclic) bond motifs is 1. The maximum atomic E-state index is 12.0. The van der Waals surface area contributed by atoms with Gasteiger partial charge in [0.25, 0.3) is 5.91 Å². The minimum atomic E-state index is -0.100. The smallest absolute Gasteiger partial charge is 0.270 e. The van der Waals surface area contributed by atoms with Crippen molar-refractivity contribution in [1.82, 2.24) is 15.3 Å². The summed E-state index contributed by atoms with van der Waals surface area (Å²) in [6, 6.07) is 10.7. The van der Waals surface area contributed by atoms with E-state index in [2.05, 4.69) is 51.8 Å². The van der Waals surface area contributed by atoms with Gasteiger partial charge in [-0.05, 0) is 38.7 Å². The molecule has 0 bridgehead atoms. The van der Waals surface area contributed by atoms with E-state index in [0.717, 1.165) is 30.6 Å². The monoisotopic (exact) mass is 310 g/mol. The zero-order valence-corrected chi connectivity index (χ0v) is 13.6. The zero-order chi connectivity index (χ0) is 16.2. The van der Waals surface area contributed by atoms with Gasteiger partial charge in [0.1, 0.15) is 17.3 Å². The van der Waals surface area contributed by atoms with Crippen LogP contribution in [-0.2, 0) is 12.8 Å². The number of amides is 1. The van der Waals surface area contributed by atoms with E-state index in [0.29, 0.717) is 18.1 Å². The van der Waals surface area contributed by atoms with Gasteiger partial charge in [0.2, 0.25) is 0 Å². The van der Waals surface area contributed by atoms with Crippen LogP contribution in [0.15, 0.2) is 30.3 Å². The molecule has 0 saturated heterocycles. The van der Waals surface area contributed by atoms with Gasteiger partial charge in [0.05, 0.1) is 0 Å². The molecule has 120 valence electrons. The first kappa shape index (κ1) is 15.5. The molecule has 0 saturated carbocycles. The first-order valence-corrected chi connectivity index (χ1v) is 8.09. The van der Waals surface area contributed by atoms with E-state index in [1.807, 2.05) is 13.0 Å². The van der Waals surface area contributed by atoms with Crippen molar-refractivity contribution < 1.29 is 4.79 Å². The van der Waals surface area contributed by atoms with Crippen LogP contribution < -0.4 is 10.6 Å². The highest BCUT2D eigenvalue weighted by Crippen LogP contribution is 2.21. The van der Waals surface area contributed by atoms with Crippen molar-refractivity contribution in [3.8, 4) is 0 Å². The average molecular weight is 310 g/mol. The van der Waals surface area contributed by atoms with Gasteiger partial charge in [0, 0.05) is 18.2 Å². The van der Waals surface area contributed by atoms with E-state index in [9.17, 15) is 4.79 Å². The molecule has 1 aromatic heterocycles. The molecule has 5 nitrogen and oxygen atoms in total. The molecular weight excluding hydrogens is 288 g/mol. The molecule has 2 N–H and O–H groups in total. The first-order valence-electron chi connectivity index (χ1n) is 8.09. The topological polar surface area (TPSA) is 66.9 Å². The minimum Gasteiger partial charge on any atom is -0.367 e. The van der Waals surface area contributed by atoms with Gasteiger partial charge < -0.3 is 10.6 Å². The Morgan fingerprint density at radius 2 is 2.04 bits per heavy atom. The number of nitrogens with one attached hydrogen (secondary N) is 2. The summed E-state index contributed by atoms with van der Waals surface area (Å²) in [5.41, 5.74) is 2.79. The van der Waals surface area contributed by atoms with Crippen LogP contribution in [0.5, 0.6) is 0 Å². The molecule has 1 aliphatic rings. The third-order valence-electron chi connectivity index (χ3n) is 4.09. The Balaban J connectivity index is 1.71. The SMILES string of the molecule is Cc1nc(NC(C)CCc2ccccc2)c2c(n1)C(=O)NCC2. The molecule has 1 unspecified atom stereocenters. The maximum Gasteiger partial charge on any atom is 0.270 e. The van der Waals surface area contributed by atoms with Crippen molar-refractivity contribution in [2.45, 2.75) is 39.2 Å². The van der Waals surface area contributed by atoms with Crippen LogP contribution in [0.4, 0.5) is 5.82 Å². The first-order chi connectivity index (χ1) is 11.1. The van der Waals surface area contributed by atoms with Crippen molar-refractivity contribution in [2.24, 2.45) is 0 Å². The van der Waals surface area contributed by atoms with Gasteiger partial charge in [-0.15, -0.1) is 0 Å². The highest BCUT2D eigenvalue weighted by atomic mass is 16.1. The molecule has 5 heteroatoms. The van der Waals surface area contributed by atoms with Crippen molar-refractivity contribution in [3.63, 3.8) is 0 Å². The Hall–Kier alpha value is -2.43.